The number of hydrogen-bond acceptors (Lipinski definition) is 1. The average molecular weight is 259 g/mol. The molecule has 0 aliphatic carbocycles. The van der Waals surface area contributed by atoms with E-state index in [1.807, 2.05) is 38.1 Å². The first-order valence-electron chi connectivity index (χ1n) is 6.29. The van der Waals surface area contributed by atoms with Crippen molar-refractivity contribution in [2.75, 3.05) is 6.54 Å². The van der Waals surface area contributed by atoms with Crippen molar-refractivity contribution in [1.29, 1.82) is 0 Å². The van der Waals surface area contributed by atoms with Crippen LogP contribution in [0.4, 0.5) is 13.2 Å². The summed E-state index contributed by atoms with van der Waals surface area (Å²) in [5.41, 5.74) is 2.01. The highest BCUT2D eigenvalue weighted by Gasteiger charge is 2.28. The van der Waals surface area contributed by atoms with Gasteiger partial charge in [-0.1, -0.05) is 36.8 Å². The van der Waals surface area contributed by atoms with Crippen LogP contribution in [0.15, 0.2) is 24.3 Å². The Bertz CT molecular complexity index is 360. The molecule has 1 nitrogen and oxygen atoms in total. The SMILES string of the molecule is CCCNC(CCC(F)(F)F)c1cccc(C)c1. The minimum atomic E-state index is -4.09. The fourth-order valence-corrected chi connectivity index (χ4v) is 1.90. The first-order chi connectivity index (χ1) is 8.42. The Balaban J connectivity index is 2.71. The Labute approximate surface area is 106 Å². The van der Waals surface area contributed by atoms with Crippen LogP contribution in [-0.4, -0.2) is 12.7 Å². The van der Waals surface area contributed by atoms with Crippen LogP contribution in [0.5, 0.6) is 0 Å². The Morgan fingerprint density at radius 2 is 2.00 bits per heavy atom. The van der Waals surface area contributed by atoms with Gasteiger partial charge in [-0.05, 0) is 31.9 Å². The van der Waals surface area contributed by atoms with E-state index in [0.29, 0.717) is 0 Å². The van der Waals surface area contributed by atoms with Crippen LogP contribution in [-0.2, 0) is 0 Å². The van der Waals surface area contributed by atoms with Crippen molar-refractivity contribution < 1.29 is 13.2 Å². The highest BCUT2D eigenvalue weighted by Crippen LogP contribution is 2.27. The molecule has 4 heteroatoms. The molecule has 0 saturated heterocycles. The van der Waals surface area contributed by atoms with Crippen LogP contribution < -0.4 is 5.32 Å². The zero-order chi connectivity index (χ0) is 13.6. The lowest BCUT2D eigenvalue weighted by Crippen LogP contribution is -2.24. The molecule has 0 saturated carbocycles. The lowest BCUT2D eigenvalue weighted by molar-refractivity contribution is -0.136. The van der Waals surface area contributed by atoms with E-state index < -0.39 is 12.6 Å². The molecule has 0 aliphatic rings. The van der Waals surface area contributed by atoms with E-state index >= 15 is 0 Å². The molecule has 1 aromatic carbocycles. The van der Waals surface area contributed by atoms with Crippen LogP contribution in [0.1, 0.15) is 43.4 Å². The third kappa shape index (κ3) is 5.54. The minimum absolute atomic E-state index is 0.0902. The molecule has 1 atom stereocenters. The van der Waals surface area contributed by atoms with Gasteiger partial charge < -0.3 is 5.32 Å². The second-order valence-electron chi connectivity index (χ2n) is 4.57. The number of benzene rings is 1. The van der Waals surface area contributed by atoms with E-state index in [-0.39, 0.29) is 12.5 Å². The molecule has 1 N–H and O–H groups in total. The molecule has 0 radical (unpaired) electrons. The monoisotopic (exact) mass is 259 g/mol. The van der Waals surface area contributed by atoms with Crippen LogP contribution in [0, 0.1) is 6.92 Å². The standard InChI is InChI=1S/C14H20F3N/c1-3-9-18-13(7-8-14(15,16)17)12-6-4-5-11(2)10-12/h4-6,10,13,18H,3,7-9H2,1-2H3. The van der Waals surface area contributed by atoms with E-state index in [2.05, 4.69) is 5.32 Å². The topological polar surface area (TPSA) is 12.0 Å². The predicted octanol–water partition coefficient (Wildman–Crippen LogP) is 4.38. The zero-order valence-corrected chi connectivity index (χ0v) is 10.8. The molecule has 0 bridgehead atoms. The maximum atomic E-state index is 12.3. The maximum absolute atomic E-state index is 12.3. The average Bonchev–Trinajstić information content (AvgIpc) is 2.28. The third-order valence-electron chi connectivity index (χ3n) is 2.80. The van der Waals surface area contributed by atoms with Gasteiger partial charge in [-0.3, -0.25) is 0 Å². The fraction of sp³-hybridized carbons (Fsp3) is 0.571. The van der Waals surface area contributed by atoms with Gasteiger partial charge in [0, 0.05) is 12.5 Å². The molecule has 1 unspecified atom stereocenters. The van der Waals surface area contributed by atoms with Crippen LogP contribution in [0.25, 0.3) is 0 Å². The molecule has 0 amide bonds. The van der Waals surface area contributed by atoms with E-state index in [0.717, 1.165) is 24.1 Å². The van der Waals surface area contributed by atoms with Crippen molar-refractivity contribution in [1.82, 2.24) is 5.32 Å². The first-order valence-corrected chi connectivity index (χ1v) is 6.29. The van der Waals surface area contributed by atoms with Gasteiger partial charge in [0.2, 0.25) is 0 Å². The molecule has 0 fully saturated rings. The van der Waals surface area contributed by atoms with Gasteiger partial charge in [0.25, 0.3) is 0 Å². The fourth-order valence-electron chi connectivity index (χ4n) is 1.90. The number of rotatable bonds is 6. The van der Waals surface area contributed by atoms with Gasteiger partial charge in [0.05, 0.1) is 0 Å². The molecule has 18 heavy (non-hydrogen) atoms. The van der Waals surface area contributed by atoms with Crippen LogP contribution in [0.3, 0.4) is 0 Å². The zero-order valence-electron chi connectivity index (χ0n) is 10.8. The van der Waals surface area contributed by atoms with Gasteiger partial charge >= 0.3 is 6.18 Å². The Morgan fingerprint density at radius 1 is 1.28 bits per heavy atom. The smallest absolute Gasteiger partial charge is 0.310 e. The summed E-state index contributed by atoms with van der Waals surface area (Å²) in [4.78, 5) is 0. The summed E-state index contributed by atoms with van der Waals surface area (Å²) in [7, 11) is 0. The minimum Gasteiger partial charge on any atom is -0.310 e. The highest BCUT2D eigenvalue weighted by molar-refractivity contribution is 5.25. The molecule has 1 aromatic rings. The first kappa shape index (κ1) is 15.0. The van der Waals surface area contributed by atoms with E-state index in [4.69, 9.17) is 0 Å². The van der Waals surface area contributed by atoms with Crippen molar-refractivity contribution in [2.24, 2.45) is 0 Å². The quantitative estimate of drug-likeness (QED) is 0.799. The van der Waals surface area contributed by atoms with Crippen LogP contribution in [0.2, 0.25) is 0 Å². The Morgan fingerprint density at radius 3 is 2.56 bits per heavy atom. The predicted molar refractivity (Wildman–Crippen MR) is 67.5 cm³/mol. The van der Waals surface area contributed by atoms with Gasteiger partial charge in [-0.2, -0.15) is 13.2 Å². The lowest BCUT2D eigenvalue weighted by atomic mass is 10.00. The normalized spacial score (nSPS) is 13.6. The largest absolute Gasteiger partial charge is 0.389 e. The summed E-state index contributed by atoms with van der Waals surface area (Å²) in [6.45, 7) is 4.69. The lowest BCUT2D eigenvalue weighted by Gasteiger charge is -2.20. The van der Waals surface area contributed by atoms with Crippen molar-refractivity contribution in [3.05, 3.63) is 35.4 Å². The molecule has 0 spiro atoms. The summed E-state index contributed by atoms with van der Waals surface area (Å²) in [5, 5.41) is 3.19. The maximum Gasteiger partial charge on any atom is 0.389 e. The number of alkyl halides is 3. The molecule has 1 rings (SSSR count). The Kier molecular flexibility index (Phi) is 5.66. The van der Waals surface area contributed by atoms with E-state index in [1.165, 1.54) is 0 Å². The molecular formula is C14H20F3N. The molecule has 0 aliphatic heterocycles. The summed E-state index contributed by atoms with van der Waals surface area (Å²) >= 11 is 0. The van der Waals surface area contributed by atoms with Crippen molar-refractivity contribution in [3.63, 3.8) is 0 Å². The van der Waals surface area contributed by atoms with Gasteiger partial charge in [-0.25, -0.2) is 0 Å². The highest BCUT2D eigenvalue weighted by atomic mass is 19.4. The summed E-state index contributed by atoms with van der Waals surface area (Å²) < 4.78 is 36.9. The Hall–Kier alpha value is -1.03. The van der Waals surface area contributed by atoms with Crippen LogP contribution >= 0.6 is 0 Å². The second-order valence-corrected chi connectivity index (χ2v) is 4.57. The summed E-state index contributed by atoms with van der Waals surface area (Å²) in [5.74, 6) is 0. The van der Waals surface area contributed by atoms with Crippen molar-refractivity contribution in [2.45, 2.75) is 45.3 Å². The molecule has 0 aromatic heterocycles. The van der Waals surface area contributed by atoms with Crippen molar-refractivity contribution >= 4 is 0 Å². The van der Waals surface area contributed by atoms with Crippen molar-refractivity contribution in [3.8, 4) is 0 Å². The van der Waals surface area contributed by atoms with E-state index in [1.54, 1.807) is 0 Å². The second kappa shape index (κ2) is 6.78. The number of nitrogens with one attached hydrogen (secondary N) is 1. The van der Waals surface area contributed by atoms with Gasteiger partial charge in [0.15, 0.2) is 0 Å². The number of aryl methyl sites for hydroxylation is 1. The van der Waals surface area contributed by atoms with Gasteiger partial charge in [-0.15, -0.1) is 0 Å². The van der Waals surface area contributed by atoms with Gasteiger partial charge in [0.1, 0.15) is 0 Å². The number of hydrogen-bond donors (Lipinski definition) is 1. The molecule has 102 valence electrons. The molecule has 0 heterocycles. The third-order valence-corrected chi connectivity index (χ3v) is 2.80. The summed E-state index contributed by atoms with van der Waals surface area (Å²) in [6, 6.07) is 7.45. The van der Waals surface area contributed by atoms with E-state index in [9.17, 15) is 13.2 Å². The summed E-state index contributed by atoms with van der Waals surface area (Å²) in [6.07, 6.45) is -3.83. The number of halogens is 3. The molecular weight excluding hydrogens is 239 g/mol.